The van der Waals surface area contributed by atoms with E-state index < -0.39 is 0 Å². The summed E-state index contributed by atoms with van der Waals surface area (Å²) in [5.41, 5.74) is 2.21. The van der Waals surface area contributed by atoms with E-state index in [1.165, 1.54) is 0 Å². The molecule has 1 N–H and O–H groups in total. The Kier molecular flexibility index (Phi) is 14.5. The SMILES string of the molecule is CC.CC.CCNc1ccc(CC(=O)CC)cc1. The van der Waals surface area contributed by atoms with Crippen LogP contribution in [-0.4, -0.2) is 12.3 Å². The summed E-state index contributed by atoms with van der Waals surface area (Å²) in [5, 5.41) is 3.22. The number of hydrogen-bond donors (Lipinski definition) is 1. The number of carbonyl (C=O) groups excluding carboxylic acids is 1. The summed E-state index contributed by atoms with van der Waals surface area (Å²) in [6, 6.07) is 8.04. The Bertz CT molecular complexity index is 290. The second-order valence-corrected chi connectivity index (χ2v) is 3.30. The fraction of sp³-hybridized carbons (Fsp3) is 0.562. The Balaban J connectivity index is 0. The van der Waals surface area contributed by atoms with E-state index in [0.717, 1.165) is 17.8 Å². The van der Waals surface area contributed by atoms with Crippen LogP contribution in [0.3, 0.4) is 0 Å². The lowest BCUT2D eigenvalue weighted by atomic mass is 10.1. The van der Waals surface area contributed by atoms with Crippen molar-refractivity contribution in [3.8, 4) is 0 Å². The summed E-state index contributed by atoms with van der Waals surface area (Å²) < 4.78 is 0. The number of anilines is 1. The highest BCUT2D eigenvalue weighted by molar-refractivity contribution is 5.80. The Morgan fingerprint density at radius 1 is 1.00 bits per heavy atom. The largest absolute Gasteiger partial charge is 0.385 e. The van der Waals surface area contributed by atoms with Gasteiger partial charge in [0.15, 0.2) is 0 Å². The quantitative estimate of drug-likeness (QED) is 0.822. The first-order valence-corrected chi connectivity index (χ1v) is 7.10. The highest BCUT2D eigenvalue weighted by Gasteiger charge is 2.00. The van der Waals surface area contributed by atoms with Gasteiger partial charge < -0.3 is 5.32 Å². The van der Waals surface area contributed by atoms with E-state index in [2.05, 4.69) is 12.2 Å². The zero-order valence-electron chi connectivity index (χ0n) is 12.8. The van der Waals surface area contributed by atoms with Crippen molar-refractivity contribution in [3.05, 3.63) is 29.8 Å². The van der Waals surface area contributed by atoms with Gasteiger partial charge in [-0.05, 0) is 24.6 Å². The van der Waals surface area contributed by atoms with Crippen LogP contribution in [0.5, 0.6) is 0 Å². The van der Waals surface area contributed by atoms with Crippen LogP contribution in [0.4, 0.5) is 5.69 Å². The second kappa shape index (κ2) is 13.8. The molecule has 0 aromatic heterocycles. The van der Waals surface area contributed by atoms with Gasteiger partial charge in [0, 0.05) is 25.1 Å². The minimum absolute atomic E-state index is 0.293. The zero-order chi connectivity index (χ0) is 14.4. The van der Waals surface area contributed by atoms with E-state index in [0.29, 0.717) is 18.6 Å². The van der Waals surface area contributed by atoms with Crippen molar-refractivity contribution in [3.63, 3.8) is 0 Å². The smallest absolute Gasteiger partial charge is 0.136 e. The van der Waals surface area contributed by atoms with Crippen molar-refractivity contribution in [1.82, 2.24) is 0 Å². The van der Waals surface area contributed by atoms with E-state index in [1.807, 2.05) is 58.9 Å². The molecule has 0 heterocycles. The molecule has 0 radical (unpaired) electrons. The first-order valence-electron chi connectivity index (χ1n) is 7.10. The number of hydrogen-bond acceptors (Lipinski definition) is 2. The van der Waals surface area contributed by atoms with Crippen LogP contribution in [0.2, 0.25) is 0 Å². The third-order valence-corrected chi connectivity index (χ3v) is 2.13. The standard InChI is InChI=1S/C12H17NO.2C2H6/c1-3-12(14)9-10-5-7-11(8-6-10)13-4-2;2*1-2/h5-8,13H,3-4,9H2,1-2H3;2*1-2H3. The molecule has 2 heteroatoms. The summed E-state index contributed by atoms with van der Waals surface area (Å²) in [6.45, 7) is 12.9. The van der Waals surface area contributed by atoms with Gasteiger partial charge in [-0.3, -0.25) is 4.79 Å². The summed E-state index contributed by atoms with van der Waals surface area (Å²) >= 11 is 0. The molecule has 0 spiro atoms. The summed E-state index contributed by atoms with van der Waals surface area (Å²) in [4.78, 5) is 11.2. The molecular formula is C16H29NO. The molecule has 0 saturated heterocycles. The van der Waals surface area contributed by atoms with Crippen LogP contribution >= 0.6 is 0 Å². The van der Waals surface area contributed by atoms with Gasteiger partial charge in [-0.2, -0.15) is 0 Å². The van der Waals surface area contributed by atoms with Gasteiger partial charge >= 0.3 is 0 Å². The van der Waals surface area contributed by atoms with Crippen LogP contribution in [0.25, 0.3) is 0 Å². The predicted octanol–water partition coefficient (Wildman–Crippen LogP) is 4.69. The Hall–Kier alpha value is -1.31. The first-order chi connectivity index (χ1) is 8.76. The lowest BCUT2D eigenvalue weighted by Crippen LogP contribution is -2.01. The molecule has 0 atom stereocenters. The average Bonchev–Trinajstić information content (AvgIpc) is 2.45. The monoisotopic (exact) mass is 251 g/mol. The van der Waals surface area contributed by atoms with E-state index in [1.54, 1.807) is 0 Å². The second-order valence-electron chi connectivity index (χ2n) is 3.30. The van der Waals surface area contributed by atoms with Crippen molar-refractivity contribution in [2.45, 2.75) is 54.4 Å². The van der Waals surface area contributed by atoms with E-state index >= 15 is 0 Å². The van der Waals surface area contributed by atoms with Gasteiger partial charge in [0.25, 0.3) is 0 Å². The maximum absolute atomic E-state index is 11.2. The van der Waals surface area contributed by atoms with Gasteiger partial charge in [-0.15, -0.1) is 0 Å². The highest BCUT2D eigenvalue weighted by Crippen LogP contribution is 2.10. The molecule has 0 amide bonds. The van der Waals surface area contributed by atoms with Gasteiger partial charge in [0.2, 0.25) is 0 Å². The predicted molar refractivity (Wildman–Crippen MR) is 82.3 cm³/mol. The minimum Gasteiger partial charge on any atom is -0.385 e. The summed E-state index contributed by atoms with van der Waals surface area (Å²) in [7, 11) is 0. The Morgan fingerprint density at radius 3 is 1.89 bits per heavy atom. The molecule has 0 aliphatic heterocycles. The molecule has 2 nitrogen and oxygen atoms in total. The maximum Gasteiger partial charge on any atom is 0.136 e. The number of rotatable bonds is 5. The topological polar surface area (TPSA) is 29.1 Å². The molecule has 1 rings (SSSR count). The van der Waals surface area contributed by atoms with Gasteiger partial charge in [-0.1, -0.05) is 46.8 Å². The molecule has 0 fully saturated rings. The zero-order valence-corrected chi connectivity index (χ0v) is 12.8. The third-order valence-electron chi connectivity index (χ3n) is 2.13. The van der Waals surface area contributed by atoms with Gasteiger partial charge in [0.05, 0.1) is 0 Å². The molecule has 0 unspecified atom stereocenters. The van der Waals surface area contributed by atoms with Crippen LogP contribution in [0.15, 0.2) is 24.3 Å². The summed E-state index contributed by atoms with van der Waals surface area (Å²) in [5.74, 6) is 0.293. The van der Waals surface area contributed by atoms with Crippen LogP contribution in [-0.2, 0) is 11.2 Å². The molecule has 0 bridgehead atoms. The van der Waals surface area contributed by atoms with Gasteiger partial charge in [-0.25, -0.2) is 0 Å². The fourth-order valence-electron chi connectivity index (χ4n) is 1.30. The number of carbonyl (C=O) groups is 1. The number of benzene rings is 1. The molecule has 0 aliphatic rings. The summed E-state index contributed by atoms with van der Waals surface area (Å²) in [6.07, 6.45) is 1.18. The maximum atomic E-state index is 11.2. The van der Waals surface area contributed by atoms with Crippen LogP contribution in [0.1, 0.15) is 53.5 Å². The third kappa shape index (κ3) is 8.80. The minimum atomic E-state index is 0.293. The lowest BCUT2D eigenvalue weighted by molar-refractivity contribution is -0.118. The van der Waals surface area contributed by atoms with Crippen molar-refractivity contribution >= 4 is 11.5 Å². The van der Waals surface area contributed by atoms with E-state index in [-0.39, 0.29) is 0 Å². The van der Waals surface area contributed by atoms with E-state index in [4.69, 9.17) is 0 Å². The molecule has 1 aromatic rings. The molecular weight excluding hydrogens is 222 g/mol. The van der Waals surface area contributed by atoms with Crippen molar-refractivity contribution < 1.29 is 4.79 Å². The highest BCUT2D eigenvalue weighted by atomic mass is 16.1. The molecule has 0 aliphatic carbocycles. The first kappa shape index (κ1) is 19.0. The Labute approximate surface area is 113 Å². The lowest BCUT2D eigenvalue weighted by Gasteiger charge is -2.04. The van der Waals surface area contributed by atoms with Crippen LogP contribution in [0, 0.1) is 0 Å². The van der Waals surface area contributed by atoms with Crippen LogP contribution < -0.4 is 5.32 Å². The number of Topliss-reactive ketones (excluding diaryl/α,β-unsaturated/α-hetero) is 1. The van der Waals surface area contributed by atoms with Crippen molar-refractivity contribution in [2.24, 2.45) is 0 Å². The van der Waals surface area contributed by atoms with E-state index in [9.17, 15) is 4.79 Å². The fourth-order valence-corrected chi connectivity index (χ4v) is 1.30. The normalized spacial score (nSPS) is 8.33. The molecule has 1 aromatic carbocycles. The van der Waals surface area contributed by atoms with Crippen molar-refractivity contribution in [1.29, 1.82) is 0 Å². The van der Waals surface area contributed by atoms with Crippen molar-refractivity contribution in [2.75, 3.05) is 11.9 Å². The number of nitrogens with one attached hydrogen (secondary N) is 1. The Morgan fingerprint density at radius 2 is 1.50 bits per heavy atom. The van der Waals surface area contributed by atoms with Gasteiger partial charge in [0.1, 0.15) is 5.78 Å². The molecule has 18 heavy (non-hydrogen) atoms. The average molecular weight is 251 g/mol. The number of ketones is 1. The molecule has 0 saturated carbocycles. The molecule has 104 valence electrons.